The maximum Gasteiger partial charge on any atom is 0.333 e. The van der Waals surface area contributed by atoms with Crippen LogP contribution in [0.5, 0.6) is 0 Å². The van der Waals surface area contributed by atoms with Crippen molar-refractivity contribution in [3.63, 3.8) is 0 Å². The summed E-state index contributed by atoms with van der Waals surface area (Å²) in [6.07, 6.45) is 0.910. The molecule has 0 bridgehead atoms. The normalized spacial score (nSPS) is 31.9. The molecular weight excluding hydrogens is 256 g/mol. The molecule has 1 N–H and O–H groups in total. The van der Waals surface area contributed by atoms with Gasteiger partial charge in [0.25, 0.3) is 0 Å². The van der Waals surface area contributed by atoms with Crippen molar-refractivity contribution in [3.05, 3.63) is 24.3 Å². The van der Waals surface area contributed by atoms with E-state index in [0.717, 1.165) is 12.0 Å². The van der Waals surface area contributed by atoms with Crippen LogP contribution in [0.3, 0.4) is 0 Å². The fraction of sp³-hybridized carbons (Fsp3) is 0.688. The third kappa shape index (κ3) is 2.81. The minimum atomic E-state index is -0.583. The summed E-state index contributed by atoms with van der Waals surface area (Å²) in [5.41, 5.74) is 1.35. The van der Waals surface area contributed by atoms with E-state index in [1.165, 1.54) is 7.11 Å². The Morgan fingerprint density at radius 2 is 2.10 bits per heavy atom. The number of methoxy groups -OCH3 is 1. The zero-order chi connectivity index (χ0) is 15.1. The highest BCUT2D eigenvalue weighted by molar-refractivity contribution is 5.88. The van der Waals surface area contributed by atoms with Gasteiger partial charge in [-0.1, -0.05) is 27.0 Å². The van der Waals surface area contributed by atoms with Gasteiger partial charge in [-0.05, 0) is 35.7 Å². The monoisotopic (exact) mass is 280 g/mol. The van der Waals surface area contributed by atoms with Crippen LogP contribution in [-0.2, 0) is 14.3 Å². The lowest BCUT2D eigenvalue weighted by Crippen LogP contribution is -2.47. The highest BCUT2D eigenvalue weighted by Gasteiger charge is 2.50. The van der Waals surface area contributed by atoms with Gasteiger partial charge in [0.05, 0.1) is 19.8 Å². The third-order valence-electron chi connectivity index (χ3n) is 4.78. The Morgan fingerprint density at radius 1 is 1.50 bits per heavy atom. The van der Waals surface area contributed by atoms with Crippen molar-refractivity contribution in [2.45, 2.75) is 38.9 Å². The molecular formula is C16H24O4. The molecule has 0 amide bonds. The number of aliphatic hydroxyl groups excluding tert-OH is 1. The molecule has 0 radical (unpaired) electrons. The van der Waals surface area contributed by atoms with Gasteiger partial charge >= 0.3 is 5.97 Å². The van der Waals surface area contributed by atoms with Crippen LogP contribution in [0.4, 0.5) is 0 Å². The van der Waals surface area contributed by atoms with Gasteiger partial charge in [0, 0.05) is 5.57 Å². The van der Waals surface area contributed by atoms with E-state index in [1.54, 1.807) is 0 Å². The second kappa shape index (κ2) is 5.34. The quantitative estimate of drug-likeness (QED) is 0.350. The number of carbonyl (C=O) groups is 1. The molecule has 1 saturated carbocycles. The summed E-state index contributed by atoms with van der Waals surface area (Å²) in [6, 6.07) is 0. The van der Waals surface area contributed by atoms with Crippen LogP contribution in [-0.4, -0.2) is 37.0 Å². The van der Waals surface area contributed by atoms with Crippen LogP contribution < -0.4 is 0 Å². The van der Waals surface area contributed by atoms with Crippen molar-refractivity contribution in [2.24, 2.45) is 17.3 Å². The fourth-order valence-electron chi connectivity index (χ4n) is 3.25. The van der Waals surface area contributed by atoms with E-state index in [2.05, 4.69) is 27.0 Å². The van der Waals surface area contributed by atoms with Crippen molar-refractivity contribution >= 4 is 5.97 Å². The SMILES string of the molecule is C=C(C(=O)OC)[C@H]1CC(C)(C)[C@@H]1C[C@H](O)C(=C)[C@@H]1CO1. The highest BCUT2D eigenvalue weighted by atomic mass is 16.6. The minimum absolute atomic E-state index is 0.00967. The van der Waals surface area contributed by atoms with Crippen LogP contribution in [0, 0.1) is 17.3 Å². The average Bonchev–Trinajstić information content (AvgIpc) is 3.24. The molecule has 0 unspecified atom stereocenters. The van der Waals surface area contributed by atoms with Crippen LogP contribution in [0.1, 0.15) is 26.7 Å². The summed E-state index contributed by atoms with van der Waals surface area (Å²) in [7, 11) is 1.37. The van der Waals surface area contributed by atoms with Crippen molar-refractivity contribution in [1.29, 1.82) is 0 Å². The van der Waals surface area contributed by atoms with E-state index in [9.17, 15) is 9.90 Å². The van der Waals surface area contributed by atoms with Crippen molar-refractivity contribution in [3.8, 4) is 0 Å². The molecule has 2 aliphatic rings. The van der Waals surface area contributed by atoms with Crippen LogP contribution in [0.15, 0.2) is 24.3 Å². The van der Waals surface area contributed by atoms with Crippen molar-refractivity contribution in [1.82, 2.24) is 0 Å². The fourth-order valence-corrected chi connectivity index (χ4v) is 3.25. The molecule has 0 aromatic rings. The third-order valence-corrected chi connectivity index (χ3v) is 4.78. The molecule has 20 heavy (non-hydrogen) atoms. The van der Waals surface area contributed by atoms with Crippen LogP contribution in [0.25, 0.3) is 0 Å². The molecule has 0 aromatic heterocycles. The number of ether oxygens (including phenoxy) is 2. The van der Waals surface area contributed by atoms with E-state index >= 15 is 0 Å². The largest absolute Gasteiger partial charge is 0.466 e. The van der Waals surface area contributed by atoms with Crippen LogP contribution >= 0.6 is 0 Å². The van der Waals surface area contributed by atoms with E-state index in [-0.39, 0.29) is 29.3 Å². The van der Waals surface area contributed by atoms with Gasteiger partial charge in [-0.15, -0.1) is 0 Å². The second-order valence-electron chi connectivity index (χ2n) is 6.57. The zero-order valence-corrected chi connectivity index (χ0v) is 12.5. The first-order valence-corrected chi connectivity index (χ1v) is 7.03. The standard InChI is InChI=1S/C16H24O4/c1-9(15(18)19-5)11-7-16(3,4)12(11)6-13(17)10(2)14-8-20-14/h11-14,17H,1-2,6-8H2,3-5H3/t11-,12-,13+,14+/m1/s1. The Labute approximate surface area is 120 Å². The number of carbonyl (C=O) groups excluding carboxylic acids is 1. The molecule has 4 nitrogen and oxygen atoms in total. The van der Waals surface area contributed by atoms with Crippen molar-refractivity contribution < 1.29 is 19.4 Å². The number of hydrogen-bond acceptors (Lipinski definition) is 4. The van der Waals surface area contributed by atoms with E-state index in [4.69, 9.17) is 9.47 Å². The number of aliphatic hydroxyl groups is 1. The number of esters is 1. The molecule has 0 spiro atoms. The molecule has 4 heteroatoms. The molecule has 2 rings (SSSR count). The Bertz CT molecular complexity index is 434. The molecule has 4 atom stereocenters. The lowest BCUT2D eigenvalue weighted by atomic mass is 9.52. The lowest BCUT2D eigenvalue weighted by Gasteiger charge is -2.52. The lowest BCUT2D eigenvalue weighted by molar-refractivity contribution is -0.139. The highest BCUT2D eigenvalue weighted by Crippen LogP contribution is 2.55. The van der Waals surface area contributed by atoms with Gasteiger partial charge in [0.2, 0.25) is 0 Å². The summed E-state index contributed by atoms with van der Waals surface area (Å²) < 4.78 is 9.90. The molecule has 1 aliphatic carbocycles. The van der Waals surface area contributed by atoms with Gasteiger partial charge in [-0.3, -0.25) is 0 Å². The Balaban J connectivity index is 2.00. The van der Waals surface area contributed by atoms with E-state index < -0.39 is 6.10 Å². The first-order valence-electron chi connectivity index (χ1n) is 7.03. The molecule has 0 aromatic carbocycles. The number of epoxide rings is 1. The first kappa shape index (κ1) is 15.3. The molecule has 112 valence electrons. The smallest absolute Gasteiger partial charge is 0.333 e. The summed E-state index contributed by atoms with van der Waals surface area (Å²) >= 11 is 0. The Kier molecular flexibility index (Phi) is 4.07. The molecule has 1 heterocycles. The van der Waals surface area contributed by atoms with E-state index in [0.29, 0.717) is 18.6 Å². The second-order valence-corrected chi connectivity index (χ2v) is 6.57. The first-order chi connectivity index (χ1) is 9.27. The van der Waals surface area contributed by atoms with Gasteiger partial charge in [-0.25, -0.2) is 4.79 Å². The maximum atomic E-state index is 11.6. The van der Waals surface area contributed by atoms with Gasteiger partial charge in [-0.2, -0.15) is 0 Å². The molecule has 1 saturated heterocycles. The van der Waals surface area contributed by atoms with Crippen LogP contribution in [0.2, 0.25) is 0 Å². The Hall–Kier alpha value is -1.13. The number of hydrogen-bond donors (Lipinski definition) is 1. The van der Waals surface area contributed by atoms with Gasteiger partial charge < -0.3 is 14.6 Å². The predicted octanol–water partition coefficient (Wildman–Crippen LogP) is 2.08. The summed E-state index contributed by atoms with van der Waals surface area (Å²) in [6.45, 7) is 12.7. The maximum absolute atomic E-state index is 11.6. The number of rotatable bonds is 6. The zero-order valence-electron chi connectivity index (χ0n) is 12.5. The summed E-state index contributed by atoms with van der Waals surface area (Å²) in [5, 5.41) is 10.3. The van der Waals surface area contributed by atoms with Gasteiger partial charge in [0.1, 0.15) is 6.10 Å². The van der Waals surface area contributed by atoms with E-state index in [1.807, 2.05) is 0 Å². The van der Waals surface area contributed by atoms with Crippen molar-refractivity contribution in [2.75, 3.05) is 13.7 Å². The minimum Gasteiger partial charge on any atom is -0.466 e. The predicted molar refractivity (Wildman–Crippen MR) is 76.0 cm³/mol. The Morgan fingerprint density at radius 3 is 2.55 bits per heavy atom. The molecule has 2 fully saturated rings. The average molecular weight is 280 g/mol. The topological polar surface area (TPSA) is 59.1 Å². The summed E-state index contributed by atoms with van der Waals surface area (Å²) in [4.78, 5) is 11.6. The van der Waals surface area contributed by atoms with Gasteiger partial charge in [0.15, 0.2) is 0 Å². The summed E-state index contributed by atoms with van der Waals surface area (Å²) in [5.74, 6) is -0.0611. The molecule has 1 aliphatic heterocycles.